The minimum atomic E-state index is -1.22. The van der Waals surface area contributed by atoms with Gasteiger partial charge in [0.1, 0.15) is 23.7 Å². The van der Waals surface area contributed by atoms with E-state index in [4.69, 9.17) is 19.3 Å². The van der Waals surface area contributed by atoms with E-state index in [9.17, 15) is 24.0 Å². The van der Waals surface area contributed by atoms with Crippen LogP contribution in [0.2, 0.25) is 0 Å². The molecule has 0 aliphatic carbocycles. The van der Waals surface area contributed by atoms with Gasteiger partial charge in [0.05, 0.1) is 13.2 Å². The Morgan fingerprint density at radius 2 is 1.00 bits per heavy atom. The number of aliphatic carboxylic acids is 1. The molecule has 0 spiro atoms. The quantitative estimate of drug-likeness (QED) is 0.0206. The van der Waals surface area contributed by atoms with Crippen molar-refractivity contribution in [1.82, 2.24) is 4.90 Å². The molecule has 0 aromatic rings. The number of carboxylic acid groups (broad SMARTS) is 1. The largest absolute Gasteiger partial charge is 0.481 e. The van der Waals surface area contributed by atoms with Gasteiger partial charge in [-0.1, -0.05) is 118 Å². The second-order valence-corrected chi connectivity index (χ2v) is 18.7. The molecule has 12 heteroatoms. The summed E-state index contributed by atoms with van der Waals surface area (Å²) in [6.07, 6.45) is 26.1. The summed E-state index contributed by atoms with van der Waals surface area (Å²) in [5, 5.41) is 9.04. The normalized spacial score (nSPS) is 11.8. The van der Waals surface area contributed by atoms with Crippen molar-refractivity contribution in [3.8, 4) is 0 Å². The maximum atomic E-state index is 13.1. The highest BCUT2D eigenvalue weighted by Crippen LogP contribution is 2.28. The fourth-order valence-electron chi connectivity index (χ4n) is 6.76. The summed E-state index contributed by atoms with van der Waals surface area (Å²) in [4.78, 5) is 63.3. The lowest BCUT2D eigenvalue weighted by molar-refractivity contribution is -0.156. The summed E-state index contributed by atoms with van der Waals surface area (Å²) >= 11 is 3.39. The lowest BCUT2D eigenvalue weighted by atomic mass is 9.91. The van der Waals surface area contributed by atoms with E-state index < -0.39 is 30.4 Å². The molecule has 10 nitrogen and oxygen atoms in total. The molecule has 0 saturated heterocycles. The van der Waals surface area contributed by atoms with Gasteiger partial charge in [-0.15, -0.1) is 23.5 Å². The number of carboxylic acids is 1. The molecule has 0 aliphatic heterocycles. The molecule has 0 heterocycles. The van der Waals surface area contributed by atoms with Gasteiger partial charge >= 0.3 is 23.9 Å². The molecule has 1 unspecified atom stereocenters. The molecule has 0 rings (SSSR count). The summed E-state index contributed by atoms with van der Waals surface area (Å²) in [7, 11) is 1.68. The van der Waals surface area contributed by atoms with Crippen molar-refractivity contribution in [3.05, 3.63) is 0 Å². The zero-order valence-corrected chi connectivity index (χ0v) is 39.2. The molecule has 1 N–H and O–H groups in total. The predicted molar refractivity (Wildman–Crippen MR) is 241 cm³/mol. The van der Waals surface area contributed by atoms with Crippen molar-refractivity contribution >= 4 is 53.3 Å². The summed E-state index contributed by atoms with van der Waals surface area (Å²) in [6.45, 7) is 9.33. The van der Waals surface area contributed by atoms with Crippen molar-refractivity contribution in [2.75, 3.05) is 38.3 Å². The first kappa shape index (κ1) is 56.0. The third-order valence-electron chi connectivity index (χ3n) is 10.4. The van der Waals surface area contributed by atoms with Gasteiger partial charge in [-0.2, -0.15) is 0 Å². The second-order valence-electron chi connectivity index (χ2n) is 16.0. The topological polar surface area (TPSA) is 137 Å². The van der Waals surface area contributed by atoms with Crippen molar-refractivity contribution in [2.45, 2.75) is 218 Å². The zero-order valence-electron chi connectivity index (χ0n) is 37.5. The van der Waals surface area contributed by atoms with Crippen LogP contribution in [0.5, 0.6) is 0 Å². The molecule has 0 saturated carbocycles. The maximum Gasteiger partial charge on any atom is 0.329 e. The minimum Gasteiger partial charge on any atom is -0.481 e. The number of nitrogens with zero attached hydrogens (tertiary/aromatic N) is 1. The molecule has 58 heavy (non-hydrogen) atoms. The number of hydrogen-bond acceptors (Lipinski definition) is 10. The first-order valence-corrected chi connectivity index (χ1v) is 25.4. The number of ether oxygens (including phenoxy) is 3. The van der Waals surface area contributed by atoms with Crippen LogP contribution in [0, 0.1) is 5.92 Å². The number of amides is 1. The minimum absolute atomic E-state index is 0.00161. The van der Waals surface area contributed by atoms with Crippen LogP contribution in [-0.2, 0) is 38.2 Å². The third-order valence-corrected chi connectivity index (χ3v) is 13.2. The Labute approximate surface area is 362 Å². The molecule has 0 aromatic heterocycles. The first-order chi connectivity index (χ1) is 28.1. The van der Waals surface area contributed by atoms with Gasteiger partial charge in [-0.05, 0) is 94.5 Å². The van der Waals surface area contributed by atoms with Crippen molar-refractivity contribution in [1.29, 1.82) is 0 Å². The molecule has 0 aromatic carbocycles. The Kier molecular flexibility index (Phi) is 39.1. The number of thioether (sulfide) groups is 2. The summed E-state index contributed by atoms with van der Waals surface area (Å²) in [6, 6.07) is 0. The number of unbranched alkanes of at least 4 members (excludes halogenated alkanes) is 16. The third kappa shape index (κ3) is 34.9. The average Bonchev–Trinajstić information content (AvgIpc) is 3.18. The van der Waals surface area contributed by atoms with Crippen LogP contribution in [0.1, 0.15) is 207 Å². The van der Waals surface area contributed by atoms with Gasteiger partial charge < -0.3 is 24.2 Å². The van der Waals surface area contributed by atoms with E-state index in [1.54, 1.807) is 30.6 Å². The fraction of sp³-hybridized carbons (Fsp3) is 0.891. The molecule has 340 valence electrons. The molecule has 1 atom stereocenters. The molecule has 0 radical (unpaired) electrons. The maximum absolute atomic E-state index is 13.1. The highest BCUT2D eigenvalue weighted by atomic mass is 32.2. The van der Waals surface area contributed by atoms with Gasteiger partial charge in [0, 0.05) is 13.5 Å². The van der Waals surface area contributed by atoms with E-state index in [2.05, 4.69) is 27.7 Å². The van der Waals surface area contributed by atoms with E-state index in [1.807, 2.05) is 0 Å². The molecule has 0 bridgehead atoms. The lowest BCUT2D eigenvalue weighted by Gasteiger charge is -2.21. The highest BCUT2D eigenvalue weighted by Gasteiger charge is 2.22. The smallest absolute Gasteiger partial charge is 0.329 e. The van der Waals surface area contributed by atoms with Crippen LogP contribution in [-0.4, -0.2) is 88.8 Å². The van der Waals surface area contributed by atoms with Crippen LogP contribution >= 0.6 is 23.5 Å². The second kappa shape index (κ2) is 40.5. The fourth-order valence-corrected chi connectivity index (χ4v) is 9.30. The Morgan fingerprint density at radius 1 is 0.552 bits per heavy atom. The monoisotopic (exact) mass is 860 g/mol. The van der Waals surface area contributed by atoms with E-state index in [1.165, 1.54) is 69.1 Å². The van der Waals surface area contributed by atoms with Gasteiger partial charge in [-0.3, -0.25) is 19.2 Å². The lowest BCUT2D eigenvalue weighted by Crippen LogP contribution is -2.34. The SMILES string of the molecule is CCCCCCCC(CCCCCCC)CC(=O)N(C)CC(=O)OCCCCCC(CCCCCOC(=O)C(SCCCCC)SCCCCC)OC(=O)CC(=O)O. The summed E-state index contributed by atoms with van der Waals surface area (Å²) < 4.78 is 16.5. The number of hydrogen-bond donors (Lipinski definition) is 1. The standard InChI is InChI=1S/C46H85NO9S2/c1-6-10-14-16-20-28-39(29-21-17-15-11-7-2)36-41(48)47(5)38-44(52)54-32-24-18-22-30-40(56-43(51)37-42(49)50)31-23-19-25-33-55-45(53)46(57-34-26-12-8-3)58-35-27-13-9-4/h39-40,46H,6-38H2,1-5H3,(H,49,50). The Balaban J connectivity index is 4.65. The van der Waals surface area contributed by atoms with Crippen LogP contribution in [0.3, 0.4) is 0 Å². The Morgan fingerprint density at radius 3 is 1.50 bits per heavy atom. The number of likely N-dealkylation sites (N-methyl/N-ethyl adjacent to an activating group) is 1. The van der Waals surface area contributed by atoms with Crippen LogP contribution in [0.15, 0.2) is 0 Å². The van der Waals surface area contributed by atoms with E-state index in [0.29, 0.717) is 44.6 Å². The molecule has 0 fully saturated rings. The Hall–Kier alpha value is -1.95. The number of rotatable bonds is 42. The van der Waals surface area contributed by atoms with Crippen molar-refractivity contribution in [3.63, 3.8) is 0 Å². The molecule has 1 amide bonds. The van der Waals surface area contributed by atoms with Crippen molar-refractivity contribution in [2.24, 2.45) is 5.92 Å². The highest BCUT2D eigenvalue weighted by molar-refractivity contribution is 8.18. The Bertz CT molecular complexity index is 1020. The molecular weight excluding hydrogens is 775 g/mol. The summed E-state index contributed by atoms with van der Waals surface area (Å²) in [5.41, 5.74) is 0. The van der Waals surface area contributed by atoms with Gasteiger partial charge in [0.2, 0.25) is 5.91 Å². The van der Waals surface area contributed by atoms with E-state index in [-0.39, 0.29) is 29.6 Å². The average molecular weight is 860 g/mol. The number of carbonyl (C=O) groups excluding carboxylic acids is 4. The number of esters is 3. The number of carbonyl (C=O) groups is 5. The predicted octanol–water partition coefficient (Wildman–Crippen LogP) is 11.9. The van der Waals surface area contributed by atoms with Gasteiger partial charge in [0.25, 0.3) is 0 Å². The summed E-state index contributed by atoms with van der Waals surface area (Å²) in [5.74, 6) is -0.251. The van der Waals surface area contributed by atoms with Crippen LogP contribution in [0.4, 0.5) is 0 Å². The van der Waals surface area contributed by atoms with Gasteiger partial charge in [-0.25, -0.2) is 4.79 Å². The van der Waals surface area contributed by atoms with Gasteiger partial charge in [0.15, 0.2) is 0 Å². The van der Waals surface area contributed by atoms with Crippen LogP contribution in [0.25, 0.3) is 0 Å². The van der Waals surface area contributed by atoms with Crippen LogP contribution < -0.4 is 0 Å². The zero-order chi connectivity index (χ0) is 43.1. The first-order valence-electron chi connectivity index (χ1n) is 23.3. The van der Waals surface area contributed by atoms with E-state index >= 15 is 0 Å². The molecular formula is C46H85NO9S2. The van der Waals surface area contributed by atoms with Crippen molar-refractivity contribution < 1.29 is 43.3 Å². The van der Waals surface area contributed by atoms with E-state index in [0.717, 1.165) is 88.6 Å². The molecule has 0 aliphatic rings.